The fraction of sp³-hybridized carbons (Fsp3) is 0.310. The van der Waals surface area contributed by atoms with Crippen molar-refractivity contribution in [3.05, 3.63) is 95.0 Å². The van der Waals surface area contributed by atoms with E-state index in [4.69, 9.17) is 0 Å². The Morgan fingerprint density at radius 1 is 0.895 bits per heavy atom. The summed E-state index contributed by atoms with van der Waals surface area (Å²) in [7, 11) is -4.06. The Hall–Kier alpha value is -3.17. The minimum Gasteiger partial charge on any atom is -0.354 e. The summed E-state index contributed by atoms with van der Waals surface area (Å²) in [6, 6.07) is 23.8. The van der Waals surface area contributed by atoms with Crippen LogP contribution in [0.2, 0.25) is 0 Å². The van der Waals surface area contributed by atoms with E-state index in [-0.39, 0.29) is 17.3 Å². The molecule has 0 saturated heterocycles. The molecule has 3 aromatic rings. The molecule has 1 N–H and O–H groups in total. The maximum Gasteiger partial charge on any atom is 0.264 e. The Labute approximate surface area is 234 Å². The Bertz CT molecular complexity index is 1290. The van der Waals surface area contributed by atoms with Crippen molar-refractivity contribution in [2.45, 2.75) is 44.0 Å². The van der Waals surface area contributed by atoms with Crippen LogP contribution in [0, 0.1) is 0 Å². The number of nitrogens with one attached hydrogen (secondary N) is 1. The standard InChI is InChI=1S/C29H34BrN3O4S/c1-3-20-31-29(35)27(4-2)32(21-19-23-11-7-5-8-12-23)28(34)22-33(25-17-15-24(30)16-18-25)38(36,37)26-13-9-6-10-14-26/h5-18,27H,3-4,19-22H2,1-2H3,(H,31,35). The van der Waals surface area contributed by atoms with Gasteiger partial charge < -0.3 is 10.2 Å². The largest absolute Gasteiger partial charge is 0.354 e. The van der Waals surface area contributed by atoms with Crippen LogP contribution in [0.1, 0.15) is 32.3 Å². The molecule has 202 valence electrons. The Balaban J connectivity index is 1.97. The molecule has 38 heavy (non-hydrogen) atoms. The summed E-state index contributed by atoms with van der Waals surface area (Å²) in [5.41, 5.74) is 1.38. The van der Waals surface area contributed by atoms with Gasteiger partial charge in [0.05, 0.1) is 10.6 Å². The molecule has 0 spiro atoms. The fourth-order valence-electron chi connectivity index (χ4n) is 4.12. The molecular formula is C29H34BrN3O4S. The maximum atomic E-state index is 13.9. The molecule has 0 aliphatic carbocycles. The number of anilines is 1. The van der Waals surface area contributed by atoms with Crippen molar-refractivity contribution in [2.75, 3.05) is 23.9 Å². The molecule has 0 saturated carbocycles. The van der Waals surface area contributed by atoms with E-state index in [9.17, 15) is 18.0 Å². The molecule has 0 aromatic heterocycles. The van der Waals surface area contributed by atoms with Crippen LogP contribution in [0.5, 0.6) is 0 Å². The van der Waals surface area contributed by atoms with Gasteiger partial charge in [-0.3, -0.25) is 13.9 Å². The zero-order valence-electron chi connectivity index (χ0n) is 21.7. The van der Waals surface area contributed by atoms with Gasteiger partial charge in [0.2, 0.25) is 11.8 Å². The van der Waals surface area contributed by atoms with E-state index in [1.54, 1.807) is 42.5 Å². The van der Waals surface area contributed by atoms with Crippen LogP contribution in [0.3, 0.4) is 0 Å². The van der Waals surface area contributed by atoms with Crippen LogP contribution in [0.4, 0.5) is 5.69 Å². The van der Waals surface area contributed by atoms with Gasteiger partial charge in [0.15, 0.2) is 0 Å². The molecule has 0 heterocycles. The normalized spacial score (nSPS) is 12.0. The second kappa shape index (κ2) is 14.1. The average molecular weight is 601 g/mol. The van der Waals surface area contributed by atoms with E-state index in [2.05, 4.69) is 21.2 Å². The smallest absolute Gasteiger partial charge is 0.264 e. The molecule has 7 nitrogen and oxygen atoms in total. The molecule has 3 aromatic carbocycles. The number of sulfonamides is 1. The van der Waals surface area contributed by atoms with E-state index in [1.165, 1.54) is 17.0 Å². The number of rotatable bonds is 13. The molecule has 1 atom stereocenters. The Kier molecular flexibility index (Phi) is 10.9. The van der Waals surface area contributed by atoms with Crippen LogP contribution < -0.4 is 9.62 Å². The lowest BCUT2D eigenvalue weighted by molar-refractivity contribution is -0.139. The third-order valence-electron chi connectivity index (χ3n) is 6.14. The van der Waals surface area contributed by atoms with Crippen molar-refractivity contribution >= 4 is 43.5 Å². The number of carbonyl (C=O) groups is 2. The van der Waals surface area contributed by atoms with Crippen molar-refractivity contribution in [3.8, 4) is 0 Å². The van der Waals surface area contributed by atoms with Gasteiger partial charge in [0, 0.05) is 17.6 Å². The third-order valence-corrected chi connectivity index (χ3v) is 8.46. The van der Waals surface area contributed by atoms with Gasteiger partial charge in [-0.15, -0.1) is 0 Å². The molecular weight excluding hydrogens is 566 g/mol. The number of halogens is 1. The number of carbonyl (C=O) groups excluding carboxylic acids is 2. The number of benzene rings is 3. The van der Waals surface area contributed by atoms with Crippen molar-refractivity contribution in [2.24, 2.45) is 0 Å². The first-order chi connectivity index (χ1) is 18.3. The van der Waals surface area contributed by atoms with Gasteiger partial charge in [0.1, 0.15) is 12.6 Å². The van der Waals surface area contributed by atoms with Crippen molar-refractivity contribution in [3.63, 3.8) is 0 Å². The second-order valence-corrected chi connectivity index (χ2v) is 11.6. The highest BCUT2D eigenvalue weighted by atomic mass is 79.9. The SMILES string of the molecule is CCCNC(=O)C(CC)N(CCc1ccccc1)C(=O)CN(c1ccc(Br)cc1)S(=O)(=O)c1ccccc1. The van der Waals surface area contributed by atoms with Gasteiger partial charge >= 0.3 is 0 Å². The van der Waals surface area contributed by atoms with Gasteiger partial charge in [0.25, 0.3) is 10.0 Å². The lowest BCUT2D eigenvalue weighted by atomic mass is 10.1. The van der Waals surface area contributed by atoms with Gasteiger partial charge in [-0.2, -0.15) is 0 Å². The second-order valence-electron chi connectivity index (χ2n) is 8.84. The van der Waals surface area contributed by atoms with Gasteiger partial charge in [-0.25, -0.2) is 8.42 Å². The highest BCUT2D eigenvalue weighted by molar-refractivity contribution is 9.10. The van der Waals surface area contributed by atoms with Crippen LogP contribution in [0.25, 0.3) is 0 Å². The molecule has 3 rings (SSSR count). The number of hydrogen-bond donors (Lipinski definition) is 1. The predicted molar refractivity (Wildman–Crippen MR) is 154 cm³/mol. The maximum absolute atomic E-state index is 13.9. The van der Waals surface area contributed by atoms with Crippen molar-refractivity contribution in [1.82, 2.24) is 10.2 Å². The monoisotopic (exact) mass is 599 g/mol. The molecule has 0 radical (unpaired) electrons. The van der Waals surface area contributed by atoms with Crippen LogP contribution in [-0.4, -0.2) is 50.8 Å². The Morgan fingerprint density at radius 3 is 2.08 bits per heavy atom. The molecule has 9 heteroatoms. The van der Waals surface area contributed by atoms with Gasteiger partial charge in [-0.05, 0) is 61.2 Å². The minimum absolute atomic E-state index is 0.0827. The summed E-state index contributed by atoms with van der Waals surface area (Å²) in [6.45, 7) is 4.16. The Morgan fingerprint density at radius 2 is 1.50 bits per heavy atom. The molecule has 1 unspecified atom stereocenters. The summed E-state index contributed by atoms with van der Waals surface area (Å²) in [4.78, 5) is 28.6. The average Bonchev–Trinajstić information content (AvgIpc) is 2.94. The van der Waals surface area contributed by atoms with Gasteiger partial charge in [-0.1, -0.05) is 78.3 Å². The minimum atomic E-state index is -4.06. The first-order valence-electron chi connectivity index (χ1n) is 12.7. The zero-order chi connectivity index (χ0) is 27.5. The summed E-state index contributed by atoms with van der Waals surface area (Å²) in [5.74, 6) is -0.682. The molecule has 0 fully saturated rings. The summed E-state index contributed by atoms with van der Waals surface area (Å²) in [5, 5.41) is 2.89. The van der Waals surface area contributed by atoms with E-state index in [1.807, 2.05) is 44.2 Å². The van der Waals surface area contributed by atoms with E-state index in [0.29, 0.717) is 25.1 Å². The lowest BCUT2D eigenvalue weighted by Crippen LogP contribution is -2.53. The van der Waals surface area contributed by atoms with Crippen molar-refractivity contribution < 1.29 is 18.0 Å². The van der Waals surface area contributed by atoms with Crippen LogP contribution in [0.15, 0.2) is 94.3 Å². The summed E-state index contributed by atoms with van der Waals surface area (Å²) >= 11 is 3.38. The summed E-state index contributed by atoms with van der Waals surface area (Å²) in [6.07, 6.45) is 1.71. The van der Waals surface area contributed by atoms with E-state index >= 15 is 0 Å². The zero-order valence-corrected chi connectivity index (χ0v) is 24.1. The first-order valence-corrected chi connectivity index (χ1v) is 15.0. The molecule has 0 aliphatic rings. The molecule has 2 amide bonds. The summed E-state index contributed by atoms with van der Waals surface area (Å²) < 4.78 is 29.4. The number of amides is 2. The fourth-order valence-corrected chi connectivity index (χ4v) is 5.82. The quantitative estimate of drug-likeness (QED) is 0.299. The van der Waals surface area contributed by atoms with E-state index < -0.39 is 28.5 Å². The number of hydrogen-bond acceptors (Lipinski definition) is 4. The third kappa shape index (κ3) is 7.68. The van der Waals surface area contributed by atoms with Crippen molar-refractivity contribution in [1.29, 1.82) is 0 Å². The molecule has 0 aliphatic heterocycles. The van der Waals surface area contributed by atoms with E-state index in [0.717, 1.165) is 20.8 Å². The van der Waals surface area contributed by atoms with Crippen LogP contribution >= 0.6 is 15.9 Å². The predicted octanol–water partition coefficient (Wildman–Crippen LogP) is 5.02. The first kappa shape index (κ1) is 29.4. The highest BCUT2D eigenvalue weighted by Gasteiger charge is 2.33. The topological polar surface area (TPSA) is 86.8 Å². The lowest BCUT2D eigenvalue weighted by Gasteiger charge is -2.33. The van der Waals surface area contributed by atoms with Crippen LogP contribution in [-0.2, 0) is 26.0 Å². The number of nitrogens with zero attached hydrogens (tertiary/aromatic N) is 2. The molecule has 0 bridgehead atoms. The highest BCUT2D eigenvalue weighted by Crippen LogP contribution is 2.26.